The lowest BCUT2D eigenvalue weighted by atomic mass is 10.2. The van der Waals surface area contributed by atoms with Crippen molar-refractivity contribution in [1.29, 1.82) is 0 Å². The number of anilines is 1. The minimum Gasteiger partial charge on any atom is -0.278 e. The van der Waals surface area contributed by atoms with Gasteiger partial charge in [0.05, 0.1) is 22.1 Å². The van der Waals surface area contributed by atoms with Crippen LogP contribution in [0, 0.1) is 6.92 Å². The molecule has 0 bridgehead atoms. The van der Waals surface area contributed by atoms with Gasteiger partial charge < -0.3 is 0 Å². The van der Waals surface area contributed by atoms with Gasteiger partial charge in [0.1, 0.15) is 5.01 Å². The van der Waals surface area contributed by atoms with Crippen LogP contribution in [0.1, 0.15) is 10.6 Å². The predicted molar refractivity (Wildman–Crippen MR) is 82.0 cm³/mol. The normalized spacial score (nSPS) is 11.2. The van der Waals surface area contributed by atoms with Crippen LogP contribution in [0.15, 0.2) is 53.6 Å². The van der Waals surface area contributed by atoms with Gasteiger partial charge in [0, 0.05) is 0 Å². The first-order valence-electron chi connectivity index (χ1n) is 6.03. The molecule has 3 nitrogen and oxygen atoms in total. The maximum absolute atomic E-state index is 4.50. The monoisotopic (exact) mass is 267 g/mol. The molecule has 0 radical (unpaired) electrons. The van der Waals surface area contributed by atoms with Crippen LogP contribution in [0.5, 0.6) is 0 Å². The van der Waals surface area contributed by atoms with Crippen LogP contribution in [-0.4, -0.2) is 11.2 Å². The van der Waals surface area contributed by atoms with Crippen LogP contribution in [0.25, 0.3) is 10.2 Å². The summed E-state index contributed by atoms with van der Waals surface area (Å²) in [6.45, 7) is 2.05. The van der Waals surface area contributed by atoms with Crippen LogP contribution >= 0.6 is 11.3 Å². The number of benzene rings is 2. The molecule has 0 aliphatic rings. The SMILES string of the molecule is Cc1ccccc1N/N=C/c1nc2ccccc2s1. The van der Waals surface area contributed by atoms with E-state index >= 15 is 0 Å². The van der Waals surface area contributed by atoms with E-state index in [0.717, 1.165) is 16.2 Å². The largest absolute Gasteiger partial charge is 0.278 e. The Hall–Kier alpha value is -2.20. The zero-order valence-corrected chi connectivity index (χ0v) is 11.3. The van der Waals surface area contributed by atoms with Crippen molar-refractivity contribution in [2.24, 2.45) is 5.10 Å². The van der Waals surface area contributed by atoms with E-state index in [9.17, 15) is 0 Å². The fourth-order valence-corrected chi connectivity index (χ4v) is 2.64. The standard InChI is InChI=1S/C15H13N3S/c1-11-6-2-3-7-12(11)18-16-10-15-17-13-8-4-5-9-14(13)19-15/h2-10,18H,1H3/b16-10+. The minimum absolute atomic E-state index is 0.905. The van der Waals surface area contributed by atoms with E-state index in [1.807, 2.05) is 36.4 Å². The summed E-state index contributed by atoms with van der Waals surface area (Å²) < 4.78 is 1.18. The number of hydrazone groups is 1. The highest BCUT2D eigenvalue weighted by atomic mass is 32.1. The highest BCUT2D eigenvalue weighted by Crippen LogP contribution is 2.20. The number of rotatable bonds is 3. The van der Waals surface area contributed by atoms with Gasteiger partial charge in [0.25, 0.3) is 0 Å². The summed E-state index contributed by atoms with van der Waals surface area (Å²) in [4.78, 5) is 4.50. The van der Waals surface area contributed by atoms with Gasteiger partial charge in [-0.25, -0.2) is 4.98 Å². The molecule has 2 aromatic carbocycles. The van der Waals surface area contributed by atoms with Gasteiger partial charge in [-0.15, -0.1) is 11.3 Å². The second-order valence-electron chi connectivity index (χ2n) is 4.20. The molecule has 0 saturated heterocycles. The van der Waals surface area contributed by atoms with Crippen molar-refractivity contribution in [1.82, 2.24) is 4.98 Å². The van der Waals surface area contributed by atoms with Crippen molar-refractivity contribution in [3.8, 4) is 0 Å². The topological polar surface area (TPSA) is 37.3 Å². The molecule has 0 amide bonds. The van der Waals surface area contributed by atoms with Crippen LogP contribution in [0.3, 0.4) is 0 Å². The third kappa shape index (κ3) is 2.63. The Morgan fingerprint density at radius 2 is 1.89 bits per heavy atom. The molecule has 0 unspecified atom stereocenters. The van der Waals surface area contributed by atoms with E-state index in [1.165, 1.54) is 10.3 Å². The van der Waals surface area contributed by atoms with E-state index in [4.69, 9.17) is 0 Å². The summed E-state index contributed by atoms with van der Waals surface area (Å²) in [6, 6.07) is 16.2. The fourth-order valence-electron chi connectivity index (χ4n) is 1.80. The molecule has 94 valence electrons. The molecule has 0 aliphatic carbocycles. The average Bonchev–Trinajstić information content (AvgIpc) is 2.83. The number of aromatic nitrogens is 1. The van der Waals surface area contributed by atoms with E-state index in [-0.39, 0.29) is 0 Å². The molecular weight excluding hydrogens is 254 g/mol. The van der Waals surface area contributed by atoms with Gasteiger partial charge in [0.2, 0.25) is 0 Å². The van der Waals surface area contributed by atoms with Crippen LogP contribution < -0.4 is 5.43 Å². The molecule has 3 aromatic rings. The lowest BCUT2D eigenvalue weighted by molar-refractivity contribution is 1.30. The molecule has 1 aromatic heterocycles. The molecule has 1 N–H and O–H groups in total. The quantitative estimate of drug-likeness (QED) is 0.574. The van der Waals surface area contributed by atoms with Gasteiger partial charge >= 0.3 is 0 Å². The Morgan fingerprint density at radius 3 is 2.74 bits per heavy atom. The van der Waals surface area contributed by atoms with E-state index in [0.29, 0.717) is 0 Å². The van der Waals surface area contributed by atoms with Crippen molar-refractivity contribution < 1.29 is 0 Å². The summed E-state index contributed by atoms with van der Waals surface area (Å²) in [5.74, 6) is 0. The third-order valence-electron chi connectivity index (χ3n) is 2.82. The number of nitrogens with one attached hydrogen (secondary N) is 1. The average molecular weight is 267 g/mol. The molecule has 19 heavy (non-hydrogen) atoms. The molecule has 1 heterocycles. The molecule has 0 spiro atoms. The first-order valence-corrected chi connectivity index (χ1v) is 6.85. The van der Waals surface area contributed by atoms with Crippen molar-refractivity contribution >= 4 is 33.5 Å². The third-order valence-corrected chi connectivity index (χ3v) is 3.79. The number of para-hydroxylation sites is 2. The van der Waals surface area contributed by atoms with Gasteiger partial charge in [-0.05, 0) is 30.7 Å². The molecule has 4 heteroatoms. The summed E-state index contributed by atoms with van der Waals surface area (Å²) >= 11 is 1.64. The second kappa shape index (κ2) is 5.20. The predicted octanol–water partition coefficient (Wildman–Crippen LogP) is 4.05. The van der Waals surface area contributed by atoms with E-state index in [2.05, 4.69) is 34.6 Å². The van der Waals surface area contributed by atoms with Crippen LogP contribution in [-0.2, 0) is 0 Å². The van der Waals surface area contributed by atoms with Crippen LogP contribution in [0.4, 0.5) is 5.69 Å². The lowest BCUT2D eigenvalue weighted by Gasteiger charge is -2.02. The number of nitrogens with zero attached hydrogens (tertiary/aromatic N) is 2. The highest BCUT2D eigenvalue weighted by molar-refractivity contribution is 7.20. The second-order valence-corrected chi connectivity index (χ2v) is 5.27. The molecule has 0 aliphatic heterocycles. The fraction of sp³-hybridized carbons (Fsp3) is 0.0667. The van der Waals surface area contributed by atoms with Crippen LogP contribution in [0.2, 0.25) is 0 Å². The summed E-state index contributed by atoms with van der Waals surface area (Å²) in [5.41, 5.74) is 6.24. The molecule has 0 fully saturated rings. The first-order chi connectivity index (χ1) is 9.33. The summed E-state index contributed by atoms with van der Waals surface area (Å²) in [6.07, 6.45) is 1.76. The number of thiazole rings is 1. The van der Waals surface area contributed by atoms with E-state index in [1.54, 1.807) is 17.6 Å². The van der Waals surface area contributed by atoms with Crippen molar-refractivity contribution in [2.75, 3.05) is 5.43 Å². The first kappa shape index (κ1) is 11.9. The number of hydrogen-bond donors (Lipinski definition) is 1. The Morgan fingerprint density at radius 1 is 1.11 bits per heavy atom. The minimum atomic E-state index is 0.905. The maximum Gasteiger partial charge on any atom is 0.137 e. The molecule has 0 saturated carbocycles. The molecule has 0 atom stereocenters. The Bertz CT molecular complexity index is 698. The number of hydrogen-bond acceptors (Lipinski definition) is 4. The Labute approximate surface area is 115 Å². The number of fused-ring (bicyclic) bond motifs is 1. The molecular formula is C15H13N3S. The van der Waals surface area contributed by atoms with Crippen molar-refractivity contribution in [2.45, 2.75) is 6.92 Å². The van der Waals surface area contributed by atoms with E-state index < -0.39 is 0 Å². The highest BCUT2D eigenvalue weighted by Gasteiger charge is 2.00. The molecule has 3 rings (SSSR count). The smallest absolute Gasteiger partial charge is 0.137 e. The lowest BCUT2D eigenvalue weighted by Crippen LogP contribution is -1.92. The zero-order valence-electron chi connectivity index (χ0n) is 10.5. The van der Waals surface area contributed by atoms with Crippen molar-refractivity contribution in [3.05, 3.63) is 59.1 Å². The Balaban J connectivity index is 1.78. The summed E-state index contributed by atoms with van der Waals surface area (Å²) in [5, 5.41) is 5.15. The zero-order chi connectivity index (χ0) is 13.1. The maximum atomic E-state index is 4.50. The van der Waals surface area contributed by atoms with Gasteiger partial charge in [-0.3, -0.25) is 5.43 Å². The van der Waals surface area contributed by atoms with Crippen molar-refractivity contribution in [3.63, 3.8) is 0 Å². The van der Waals surface area contributed by atoms with Gasteiger partial charge in [0.15, 0.2) is 0 Å². The summed E-state index contributed by atoms with van der Waals surface area (Å²) in [7, 11) is 0. The Kier molecular flexibility index (Phi) is 3.25. The number of aryl methyl sites for hydroxylation is 1. The van der Waals surface area contributed by atoms with Gasteiger partial charge in [-0.2, -0.15) is 5.10 Å². The van der Waals surface area contributed by atoms with Gasteiger partial charge in [-0.1, -0.05) is 30.3 Å².